The van der Waals surface area contributed by atoms with Crippen molar-refractivity contribution in [2.24, 2.45) is 0 Å². The van der Waals surface area contributed by atoms with Crippen LogP contribution in [0.4, 0.5) is 0 Å². The molecule has 0 spiro atoms. The average molecular weight is 438 g/mol. The molecule has 0 fully saturated rings. The van der Waals surface area contributed by atoms with Crippen molar-refractivity contribution in [1.29, 1.82) is 0 Å². The summed E-state index contributed by atoms with van der Waals surface area (Å²) in [6, 6.07) is 0. The van der Waals surface area contributed by atoms with Gasteiger partial charge in [-0.05, 0) is 23.6 Å². The van der Waals surface area contributed by atoms with Gasteiger partial charge in [0.25, 0.3) is 0 Å². The molecule has 0 aliphatic rings. The van der Waals surface area contributed by atoms with Crippen LogP contribution >= 0.6 is 13.4 Å². The van der Waals surface area contributed by atoms with Gasteiger partial charge in [-0.2, -0.15) is 0 Å². The summed E-state index contributed by atoms with van der Waals surface area (Å²) in [6.07, 6.45) is 8.15. The Morgan fingerprint density at radius 3 is 0.667 bits per heavy atom. The van der Waals surface area contributed by atoms with E-state index in [4.69, 9.17) is 29.4 Å². The number of rotatable bonds is 4. The maximum atomic E-state index is 7.56. The van der Waals surface area contributed by atoms with Gasteiger partial charge in [0, 0.05) is 19.5 Å². The van der Waals surface area contributed by atoms with Crippen LogP contribution in [0, 0.1) is 0 Å². The van der Waals surface area contributed by atoms with Gasteiger partial charge in [0.1, 0.15) is 0 Å². The fourth-order valence-corrected chi connectivity index (χ4v) is 0.707. The second-order valence-corrected chi connectivity index (χ2v) is 8.73. The molecule has 0 aromatic carbocycles. The molecule has 0 bridgehead atoms. The van der Waals surface area contributed by atoms with Crippen LogP contribution < -0.4 is 0 Å². The summed E-state index contributed by atoms with van der Waals surface area (Å²) < 4.78 is 0. The maximum Gasteiger partial charge on any atom is 0.319 e. The van der Waals surface area contributed by atoms with E-state index >= 15 is 0 Å². The van der Waals surface area contributed by atoms with E-state index in [2.05, 4.69) is 51.3 Å². The third kappa shape index (κ3) is 260. The van der Waals surface area contributed by atoms with Crippen LogP contribution in [0.15, 0.2) is 0 Å². The molecule has 0 saturated carbocycles. The summed E-state index contributed by atoms with van der Waals surface area (Å²) in [4.78, 5) is 45.3. The quantitative estimate of drug-likeness (QED) is 0.293. The number of unbranched alkanes of at least 4 members (excludes halogenated alkanes) is 4. The van der Waals surface area contributed by atoms with Gasteiger partial charge in [0.05, 0.1) is 0 Å². The van der Waals surface area contributed by atoms with Crippen LogP contribution in [0.5, 0.6) is 0 Å². The van der Waals surface area contributed by atoms with Crippen molar-refractivity contribution in [3.8, 4) is 0 Å². The summed E-state index contributed by atoms with van der Waals surface area (Å²) in [5.74, 6) is 0. The maximum absolute atomic E-state index is 7.56. The van der Waals surface area contributed by atoms with Crippen LogP contribution in [0.25, 0.3) is 0 Å². The molecule has 0 aliphatic carbocycles. The van der Waals surface area contributed by atoms with Crippen molar-refractivity contribution in [3.63, 3.8) is 0 Å². The van der Waals surface area contributed by atoms with Crippen LogP contribution in [-0.4, -0.2) is 29.4 Å². The van der Waals surface area contributed by atoms with Crippen LogP contribution in [0.3, 0.4) is 0 Å². The fraction of sp³-hybridized carbons (Fsp3) is 1.00. The number of hydrogen-bond donors (Lipinski definition) is 6. The van der Waals surface area contributed by atoms with Crippen molar-refractivity contribution in [2.75, 3.05) is 0 Å². The van der Waals surface area contributed by atoms with Crippen molar-refractivity contribution < 1.29 is 48.8 Å². The first-order valence-electron chi connectivity index (χ1n) is 6.39. The first kappa shape index (κ1) is 34.1. The van der Waals surface area contributed by atoms with E-state index in [9.17, 15) is 0 Å². The molecule has 0 amide bonds. The third-order valence-corrected chi connectivity index (χ3v) is 1.41. The van der Waals surface area contributed by atoms with E-state index in [0.29, 0.717) is 0 Å². The first-order valence-corrected chi connectivity index (χ1v) is 11.7. The van der Waals surface area contributed by atoms with E-state index in [1.165, 1.54) is 38.5 Å². The monoisotopic (exact) mass is 436 g/mol. The summed E-state index contributed by atoms with van der Waals surface area (Å²) in [7, 11) is 0. The molecular formula is C10H30O6P2S2Zn. The van der Waals surface area contributed by atoms with Gasteiger partial charge >= 0.3 is 13.4 Å². The zero-order valence-electron chi connectivity index (χ0n) is 13.3. The van der Waals surface area contributed by atoms with E-state index in [-0.39, 0.29) is 19.5 Å². The molecule has 0 saturated heterocycles. The second kappa shape index (κ2) is 23.9. The third-order valence-electron chi connectivity index (χ3n) is 1.41. The smallest absolute Gasteiger partial charge is 0.319 e. The van der Waals surface area contributed by atoms with Gasteiger partial charge in [0.15, 0.2) is 0 Å². The standard InChI is InChI=1S/2C5H12.2H3O3PS.Zn/c2*1-3-5-4-2;2*1-4(2,3)5;/h2*3-5H2,1-2H3;2*(H3,1,2,3,5);. The van der Waals surface area contributed by atoms with Gasteiger partial charge in [-0.3, -0.25) is 0 Å². The Balaban J connectivity index is -0.0000000533. The zero-order valence-corrected chi connectivity index (χ0v) is 19.7. The largest absolute Gasteiger partial charge is 0.325 e. The van der Waals surface area contributed by atoms with E-state index in [1.54, 1.807) is 0 Å². The molecular weight excluding hydrogens is 408 g/mol. The molecule has 0 unspecified atom stereocenters. The van der Waals surface area contributed by atoms with E-state index in [0.717, 1.165) is 0 Å². The number of hydrogen-bond acceptors (Lipinski definition) is 2. The minimum absolute atomic E-state index is 0. The topological polar surface area (TPSA) is 121 Å². The Labute approximate surface area is 151 Å². The first-order chi connectivity index (χ1) is 8.83. The predicted molar refractivity (Wildman–Crippen MR) is 92.3 cm³/mol. The molecule has 21 heavy (non-hydrogen) atoms. The SMILES string of the molecule is CCCCC.CCCCC.OP(O)(O)=S.OP(O)(O)=S.[Zn]. The van der Waals surface area contributed by atoms with Crippen molar-refractivity contribution in [1.82, 2.24) is 0 Å². The zero-order chi connectivity index (χ0) is 17.2. The molecule has 0 radical (unpaired) electrons. The van der Waals surface area contributed by atoms with Crippen molar-refractivity contribution in [3.05, 3.63) is 0 Å². The Hall–Kier alpha value is 1.68. The van der Waals surface area contributed by atoms with Crippen LogP contribution in [-0.2, 0) is 43.1 Å². The molecule has 130 valence electrons. The molecule has 11 heteroatoms. The molecule has 6 nitrogen and oxygen atoms in total. The van der Waals surface area contributed by atoms with Crippen LogP contribution in [0.1, 0.15) is 66.2 Å². The molecule has 0 aromatic rings. The average Bonchev–Trinajstić information content (AvgIpc) is 2.15. The Morgan fingerprint density at radius 2 is 0.667 bits per heavy atom. The van der Waals surface area contributed by atoms with Gasteiger partial charge in [0.2, 0.25) is 0 Å². The Morgan fingerprint density at radius 1 is 0.571 bits per heavy atom. The predicted octanol–water partition coefficient (Wildman–Crippen LogP) is 2.77. The summed E-state index contributed by atoms with van der Waals surface area (Å²) in [5, 5.41) is 0. The van der Waals surface area contributed by atoms with E-state index < -0.39 is 13.4 Å². The van der Waals surface area contributed by atoms with Gasteiger partial charge < -0.3 is 29.4 Å². The molecule has 0 heterocycles. The summed E-state index contributed by atoms with van der Waals surface area (Å²) >= 11 is 7.21. The summed E-state index contributed by atoms with van der Waals surface area (Å²) in [5.41, 5.74) is 0. The molecule has 0 aromatic heterocycles. The van der Waals surface area contributed by atoms with E-state index in [1.807, 2.05) is 0 Å². The van der Waals surface area contributed by atoms with Gasteiger partial charge in [-0.1, -0.05) is 66.2 Å². The molecule has 6 N–H and O–H groups in total. The van der Waals surface area contributed by atoms with Crippen molar-refractivity contribution >= 4 is 37.1 Å². The Kier molecular flexibility index (Phi) is 38.9. The van der Waals surface area contributed by atoms with Gasteiger partial charge in [-0.15, -0.1) is 0 Å². The summed E-state index contributed by atoms with van der Waals surface area (Å²) in [6.45, 7) is 1.24. The van der Waals surface area contributed by atoms with Crippen LogP contribution in [0.2, 0.25) is 0 Å². The normalized spacial score (nSPS) is 9.62. The van der Waals surface area contributed by atoms with Crippen molar-refractivity contribution in [2.45, 2.75) is 66.2 Å². The minimum Gasteiger partial charge on any atom is -0.325 e. The molecule has 0 atom stereocenters. The fourth-order valence-electron chi connectivity index (χ4n) is 0.707. The second-order valence-electron chi connectivity index (χ2n) is 3.73. The minimum atomic E-state index is -3.81. The Bertz CT molecular complexity index is 213. The molecule has 0 aliphatic heterocycles. The molecule has 0 rings (SSSR count). The van der Waals surface area contributed by atoms with Gasteiger partial charge in [-0.25, -0.2) is 0 Å².